The molecule has 3 aromatic rings. The number of benzene rings is 2. The van der Waals surface area contributed by atoms with Gasteiger partial charge in [-0.25, -0.2) is 14.6 Å². The van der Waals surface area contributed by atoms with Crippen LogP contribution in [-0.4, -0.2) is 75.1 Å². The third-order valence-electron chi connectivity index (χ3n) is 5.05. The van der Waals surface area contributed by atoms with Crippen molar-refractivity contribution in [3.63, 3.8) is 0 Å². The van der Waals surface area contributed by atoms with Crippen LogP contribution in [0.15, 0.2) is 56.2 Å². The van der Waals surface area contributed by atoms with Crippen molar-refractivity contribution in [3.8, 4) is 0 Å². The lowest BCUT2D eigenvalue weighted by Crippen LogP contribution is -2.38. The van der Waals surface area contributed by atoms with Crippen LogP contribution in [0.5, 0.6) is 0 Å². The number of carboxylic acid groups (broad SMARTS) is 2. The van der Waals surface area contributed by atoms with Gasteiger partial charge in [0, 0.05) is 0 Å². The Morgan fingerprint density at radius 2 is 1.40 bits per heavy atom. The van der Waals surface area contributed by atoms with Crippen molar-refractivity contribution in [3.05, 3.63) is 60.3 Å². The Balaban J connectivity index is 1.74. The highest BCUT2D eigenvalue weighted by Gasteiger charge is 2.27. The van der Waals surface area contributed by atoms with Crippen molar-refractivity contribution in [2.75, 3.05) is 15.5 Å². The van der Waals surface area contributed by atoms with Crippen molar-refractivity contribution >= 4 is 67.5 Å². The van der Waals surface area contributed by atoms with Crippen molar-refractivity contribution in [2.45, 2.75) is 9.79 Å². The highest BCUT2D eigenvalue weighted by molar-refractivity contribution is 7.86. The topological polar surface area (TPSA) is 274 Å². The van der Waals surface area contributed by atoms with Gasteiger partial charge in [0.25, 0.3) is 20.2 Å². The number of rotatable bonds is 8. The van der Waals surface area contributed by atoms with Crippen molar-refractivity contribution in [1.82, 2.24) is 15.0 Å². The SMILES string of the molecule is O=C(O)c1cc(S(=O)(=O)O)ccc1NC1=NC(F)=N[CH]N1c1nc(F)nc(Nc2cc(S(=O)(=O)O)ccc2C(=O)O)n1. The fraction of sp³-hybridized carbons (Fsp3) is 0. The predicted molar refractivity (Wildman–Crippen MR) is 136 cm³/mol. The summed E-state index contributed by atoms with van der Waals surface area (Å²) >= 11 is 0. The molecule has 6 N–H and O–H groups in total. The summed E-state index contributed by atoms with van der Waals surface area (Å²) in [4.78, 5) is 39.8. The fourth-order valence-corrected chi connectivity index (χ4v) is 4.27. The lowest BCUT2D eigenvalue weighted by Gasteiger charge is -2.25. The quantitative estimate of drug-likeness (QED) is 0.152. The summed E-state index contributed by atoms with van der Waals surface area (Å²) in [5.74, 6) is -5.30. The highest BCUT2D eigenvalue weighted by Crippen LogP contribution is 2.26. The number of aliphatic imine (C=N–C) groups is 2. The molecule has 0 saturated carbocycles. The Kier molecular flexibility index (Phi) is 7.80. The van der Waals surface area contributed by atoms with Crippen LogP contribution in [0.4, 0.5) is 32.1 Å². The Hall–Kier alpha value is -5.19. The number of hydrogen-bond acceptors (Lipinski definition) is 14. The second-order valence-corrected chi connectivity index (χ2v) is 10.6. The van der Waals surface area contributed by atoms with E-state index in [4.69, 9.17) is 0 Å². The molecule has 0 fully saturated rings. The summed E-state index contributed by atoms with van der Waals surface area (Å²) in [5.41, 5.74) is -2.15. The van der Waals surface area contributed by atoms with Crippen LogP contribution in [0.2, 0.25) is 0 Å². The molecular weight excluding hydrogens is 614 g/mol. The van der Waals surface area contributed by atoms with Crippen molar-refractivity contribution in [2.24, 2.45) is 9.98 Å². The fourth-order valence-electron chi connectivity index (χ4n) is 3.25. The molecule has 0 aliphatic carbocycles. The number of nitrogens with one attached hydrogen (secondary N) is 2. The summed E-state index contributed by atoms with van der Waals surface area (Å²) in [5, 5.41) is 23.6. The van der Waals surface area contributed by atoms with Crippen LogP contribution in [0.1, 0.15) is 20.7 Å². The number of halogens is 2. The third-order valence-corrected chi connectivity index (χ3v) is 6.75. The van der Waals surface area contributed by atoms with Gasteiger partial charge in [-0.3, -0.25) is 14.0 Å². The summed E-state index contributed by atoms with van der Waals surface area (Å²) in [7, 11) is -9.60. The van der Waals surface area contributed by atoms with Gasteiger partial charge in [0.15, 0.2) is 6.67 Å². The number of aromatic carboxylic acids is 2. The third kappa shape index (κ3) is 6.57. The van der Waals surface area contributed by atoms with Gasteiger partial charge < -0.3 is 20.8 Å². The lowest BCUT2D eigenvalue weighted by molar-refractivity contribution is 0.0687. The first kappa shape index (κ1) is 29.8. The smallest absolute Gasteiger partial charge is 0.337 e. The van der Waals surface area contributed by atoms with E-state index in [0.717, 1.165) is 24.3 Å². The monoisotopic (exact) mass is 627 g/mol. The van der Waals surface area contributed by atoms with Gasteiger partial charge >= 0.3 is 24.1 Å². The molecular formula is C20H13F2N8O10S2. The summed E-state index contributed by atoms with van der Waals surface area (Å²) in [6, 6.07) is 4.62. The number of carbonyl (C=O) groups is 2. The van der Waals surface area contributed by atoms with Gasteiger partial charge in [0.1, 0.15) is 0 Å². The average Bonchev–Trinajstić information content (AvgIpc) is 2.87. The van der Waals surface area contributed by atoms with Gasteiger partial charge in [-0.2, -0.15) is 45.6 Å². The molecule has 2 aromatic carbocycles. The molecule has 1 aliphatic rings. The van der Waals surface area contributed by atoms with Crippen LogP contribution >= 0.6 is 0 Å². The van der Waals surface area contributed by atoms with Gasteiger partial charge in [-0.05, 0) is 36.4 Å². The number of carboxylic acids is 2. The van der Waals surface area contributed by atoms with Crippen LogP contribution in [0.3, 0.4) is 0 Å². The van der Waals surface area contributed by atoms with E-state index in [9.17, 15) is 54.5 Å². The Morgan fingerprint density at radius 1 is 0.786 bits per heavy atom. The number of amidine groups is 1. The molecule has 1 aromatic heterocycles. The molecule has 22 heteroatoms. The first-order valence-electron chi connectivity index (χ1n) is 10.6. The summed E-state index contributed by atoms with van der Waals surface area (Å²) < 4.78 is 92.8. The van der Waals surface area contributed by atoms with Crippen LogP contribution in [0, 0.1) is 12.7 Å². The Morgan fingerprint density at radius 3 is 2.02 bits per heavy atom. The van der Waals surface area contributed by atoms with E-state index in [1.807, 2.05) is 0 Å². The van der Waals surface area contributed by atoms with E-state index in [1.165, 1.54) is 0 Å². The Labute approximate surface area is 232 Å². The minimum Gasteiger partial charge on any atom is -0.478 e. The second-order valence-electron chi connectivity index (χ2n) is 7.77. The van der Waals surface area contributed by atoms with Crippen LogP contribution < -0.4 is 15.5 Å². The van der Waals surface area contributed by atoms with Gasteiger partial charge in [-0.15, -0.1) is 0 Å². The molecule has 2 heterocycles. The molecule has 0 spiro atoms. The molecule has 0 bridgehead atoms. The summed E-state index contributed by atoms with van der Waals surface area (Å²) in [6.45, 7) is 0.678. The molecule has 0 amide bonds. The zero-order chi connectivity index (χ0) is 31.0. The zero-order valence-corrected chi connectivity index (χ0v) is 21.7. The molecule has 219 valence electrons. The molecule has 0 atom stereocenters. The van der Waals surface area contributed by atoms with Gasteiger partial charge in [0.2, 0.25) is 17.9 Å². The Bertz CT molecular complexity index is 1920. The molecule has 18 nitrogen and oxygen atoms in total. The molecule has 42 heavy (non-hydrogen) atoms. The molecule has 1 radical (unpaired) electrons. The van der Waals surface area contributed by atoms with Crippen molar-refractivity contribution in [1.29, 1.82) is 0 Å². The van der Waals surface area contributed by atoms with E-state index in [2.05, 4.69) is 35.6 Å². The number of nitrogens with zero attached hydrogens (tertiary/aromatic N) is 6. The first-order valence-corrected chi connectivity index (χ1v) is 13.5. The predicted octanol–water partition coefficient (Wildman–Crippen LogP) is 1.38. The minimum absolute atomic E-state index is 0.386. The molecule has 0 saturated heterocycles. The van der Waals surface area contributed by atoms with Crippen molar-refractivity contribution < 1.29 is 54.5 Å². The maximum absolute atomic E-state index is 14.4. The van der Waals surface area contributed by atoms with E-state index >= 15 is 0 Å². The standard InChI is InChI=1S/C20H13F2N8O10S2/c21-16-23-7-30(19(27-16)25-12-4-2-8(41(35,36)37)5-11(12)15(33)34)20-28-17(22)26-18(29-20)24-13-6-9(42(38,39)40)1-3-10(13)14(31)32/h1-7H,(H,31,32)(H,33,34)(H,23,25,27)(H,35,36,37)(H,38,39,40)(H,24,26,28,29). The first-order chi connectivity index (χ1) is 19.5. The largest absolute Gasteiger partial charge is 0.478 e. The number of guanidine groups is 1. The number of aromatic nitrogens is 3. The normalized spacial score (nSPS) is 13.7. The summed E-state index contributed by atoms with van der Waals surface area (Å²) in [6.07, 6.45) is -2.88. The van der Waals surface area contributed by atoms with E-state index < -0.39 is 88.8 Å². The van der Waals surface area contributed by atoms with Gasteiger partial charge in [0.05, 0.1) is 32.3 Å². The maximum Gasteiger partial charge on any atom is 0.337 e. The van der Waals surface area contributed by atoms with Gasteiger partial charge in [-0.1, -0.05) is 0 Å². The van der Waals surface area contributed by atoms with E-state index in [1.54, 1.807) is 0 Å². The molecule has 4 rings (SSSR count). The van der Waals surface area contributed by atoms with Crippen LogP contribution in [0.25, 0.3) is 0 Å². The van der Waals surface area contributed by atoms with E-state index in [0.29, 0.717) is 23.7 Å². The number of anilines is 4. The molecule has 1 aliphatic heterocycles. The maximum atomic E-state index is 14.4. The zero-order valence-electron chi connectivity index (χ0n) is 20.0. The van der Waals surface area contributed by atoms with E-state index in [-0.39, 0.29) is 5.69 Å². The van der Waals surface area contributed by atoms with Crippen LogP contribution in [-0.2, 0) is 20.2 Å². The molecule has 0 unspecified atom stereocenters. The average molecular weight is 628 g/mol. The lowest BCUT2D eigenvalue weighted by atomic mass is 10.2. The highest BCUT2D eigenvalue weighted by atomic mass is 32.2. The number of hydrogen-bond donors (Lipinski definition) is 6. The minimum atomic E-state index is -4.80. The second kappa shape index (κ2) is 11.0.